The van der Waals surface area contributed by atoms with Crippen molar-refractivity contribution in [2.45, 2.75) is 12.6 Å². The zero-order valence-corrected chi connectivity index (χ0v) is 20.1. The molecule has 5 heteroatoms. The number of benzene rings is 3. The third-order valence-electron chi connectivity index (χ3n) is 6.85. The molecule has 2 aliphatic heterocycles. The minimum atomic E-state index is -0.243. The normalized spacial score (nSPS) is 19.4. The summed E-state index contributed by atoms with van der Waals surface area (Å²) < 4.78 is 2.26. The largest absolute Gasteiger partial charge is 0.347 e. The number of nitrogens with one attached hydrogen (secondary N) is 1. The lowest BCUT2D eigenvalue weighted by atomic mass is 10.0. The predicted molar refractivity (Wildman–Crippen MR) is 149 cm³/mol. The van der Waals surface area contributed by atoms with Crippen LogP contribution in [0.15, 0.2) is 121 Å². The molecule has 0 bridgehead atoms. The number of para-hydroxylation sites is 2. The Kier molecular flexibility index (Phi) is 5.45. The summed E-state index contributed by atoms with van der Waals surface area (Å²) >= 11 is 0. The fraction of sp³-hybridized carbons (Fsp3) is 0.0625. The van der Waals surface area contributed by atoms with Gasteiger partial charge in [-0.3, -0.25) is 4.57 Å². The van der Waals surface area contributed by atoms with Gasteiger partial charge in [0.05, 0.1) is 28.7 Å². The summed E-state index contributed by atoms with van der Waals surface area (Å²) in [4.78, 5) is 2.12. The molecular formula is C32H23N5. The van der Waals surface area contributed by atoms with Crippen LogP contribution in [-0.4, -0.2) is 10.7 Å². The number of allylic oxidation sites excluding steroid dienone is 6. The fourth-order valence-electron chi connectivity index (χ4n) is 5.15. The maximum atomic E-state index is 9.56. The quantitative estimate of drug-likeness (QED) is 0.356. The van der Waals surface area contributed by atoms with Crippen LogP contribution in [0.2, 0.25) is 0 Å². The molecule has 176 valence electrons. The first-order chi connectivity index (χ1) is 18.2. The highest BCUT2D eigenvalue weighted by atomic mass is 15.3. The van der Waals surface area contributed by atoms with Gasteiger partial charge in [-0.2, -0.15) is 10.5 Å². The van der Waals surface area contributed by atoms with Crippen molar-refractivity contribution in [1.82, 2.24) is 9.88 Å². The van der Waals surface area contributed by atoms with E-state index in [-0.39, 0.29) is 6.17 Å². The van der Waals surface area contributed by atoms with Crippen molar-refractivity contribution >= 4 is 33.3 Å². The van der Waals surface area contributed by atoms with Crippen molar-refractivity contribution in [3.63, 3.8) is 0 Å². The predicted octanol–water partition coefficient (Wildman–Crippen LogP) is 6.53. The summed E-state index contributed by atoms with van der Waals surface area (Å²) in [7, 11) is 0. The van der Waals surface area contributed by atoms with Crippen molar-refractivity contribution < 1.29 is 0 Å². The molecule has 3 aromatic carbocycles. The van der Waals surface area contributed by atoms with E-state index in [1.54, 1.807) is 6.08 Å². The van der Waals surface area contributed by atoms with Crippen LogP contribution >= 0.6 is 0 Å². The molecule has 6 rings (SSSR count). The third-order valence-corrected chi connectivity index (χ3v) is 6.85. The highest BCUT2D eigenvalue weighted by Crippen LogP contribution is 2.34. The van der Waals surface area contributed by atoms with Crippen LogP contribution in [0.25, 0.3) is 27.6 Å². The molecule has 0 saturated carbocycles. The van der Waals surface area contributed by atoms with Crippen LogP contribution in [0.1, 0.15) is 11.1 Å². The standard InChI is InChI=1S/C32H23N5/c1-22-13-14-23(20-33)15-17-25-19-24(21-34)16-18-28(25)36(22)31-11-6-12-32(35-31)37-29-9-4-2-7-26(29)27-8-3-5-10-30(27)37/h2-16,18-19,31,35H,1,17H2/b14-13-,23-15+. The number of hydrogen-bond acceptors (Lipinski definition) is 4. The molecule has 1 aromatic heterocycles. The number of hydrogen-bond donors (Lipinski definition) is 1. The Balaban J connectivity index is 1.46. The summed E-state index contributed by atoms with van der Waals surface area (Å²) in [6.45, 7) is 4.35. The molecular weight excluding hydrogens is 454 g/mol. The number of rotatable bonds is 2. The van der Waals surface area contributed by atoms with Crippen LogP contribution in [0.5, 0.6) is 0 Å². The smallest absolute Gasteiger partial charge is 0.124 e. The minimum absolute atomic E-state index is 0.243. The van der Waals surface area contributed by atoms with Gasteiger partial charge < -0.3 is 10.2 Å². The molecule has 1 unspecified atom stereocenters. The van der Waals surface area contributed by atoms with Crippen molar-refractivity contribution in [3.05, 3.63) is 132 Å². The molecule has 1 N–H and O–H groups in total. The molecule has 37 heavy (non-hydrogen) atoms. The van der Waals surface area contributed by atoms with Gasteiger partial charge in [0.25, 0.3) is 0 Å². The van der Waals surface area contributed by atoms with Crippen LogP contribution in [0.4, 0.5) is 5.69 Å². The minimum Gasteiger partial charge on any atom is -0.347 e. The summed E-state index contributed by atoms with van der Waals surface area (Å²) in [5.41, 5.74) is 6.04. The van der Waals surface area contributed by atoms with Crippen LogP contribution in [0.3, 0.4) is 0 Å². The Bertz CT molecular complexity index is 1730. The zero-order chi connectivity index (χ0) is 25.4. The molecule has 0 saturated heterocycles. The van der Waals surface area contributed by atoms with E-state index in [1.165, 1.54) is 10.8 Å². The van der Waals surface area contributed by atoms with Crippen LogP contribution in [-0.2, 0) is 6.42 Å². The molecule has 3 heterocycles. The van der Waals surface area contributed by atoms with E-state index in [4.69, 9.17) is 0 Å². The molecule has 0 aliphatic carbocycles. The van der Waals surface area contributed by atoms with E-state index < -0.39 is 0 Å². The first kappa shape index (κ1) is 22.2. The van der Waals surface area contributed by atoms with Crippen LogP contribution in [0, 0.1) is 22.7 Å². The summed E-state index contributed by atoms with van der Waals surface area (Å²) in [6.07, 6.45) is 12.1. The molecule has 1 atom stereocenters. The van der Waals surface area contributed by atoms with E-state index in [0.29, 0.717) is 17.6 Å². The molecule has 4 aromatic rings. The first-order valence-electron chi connectivity index (χ1n) is 12.1. The lowest BCUT2D eigenvalue weighted by molar-refractivity contribution is 0.678. The van der Waals surface area contributed by atoms with E-state index in [2.05, 4.69) is 100 Å². The van der Waals surface area contributed by atoms with Gasteiger partial charge in [-0.1, -0.05) is 55.1 Å². The summed E-state index contributed by atoms with van der Waals surface area (Å²) in [6, 6.07) is 27.0. The van der Waals surface area contributed by atoms with Gasteiger partial charge >= 0.3 is 0 Å². The van der Waals surface area contributed by atoms with E-state index in [9.17, 15) is 10.5 Å². The highest BCUT2D eigenvalue weighted by molar-refractivity contribution is 6.10. The topological polar surface area (TPSA) is 67.8 Å². The Hall–Kier alpha value is -5.26. The Morgan fingerprint density at radius 2 is 1.62 bits per heavy atom. The van der Waals surface area contributed by atoms with Gasteiger partial charge in [-0.05, 0) is 66.6 Å². The maximum Gasteiger partial charge on any atom is 0.124 e. The van der Waals surface area contributed by atoms with Gasteiger partial charge in [0.2, 0.25) is 0 Å². The SMILES string of the molecule is C=C1/C=C\C(C#N)=C/Cc2cc(C#N)ccc2N1C1C=CC=C(n2c3ccccc3c3ccccc32)N1. The number of nitriles is 2. The van der Waals surface area contributed by atoms with Gasteiger partial charge in [0, 0.05) is 27.7 Å². The lowest BCUT2D eigenvalue weighted by Gasteiger charge is -2.36. The third kappa shape index (κ3) is 3.80. The molecule has 0 radical (unpaired) electrons. The Morgan fingerprint density at radius 3 is 2.32 bits per heavy atom. The summed E-state index contributed by atoms with van der Waals surface area (Å²) in [5.74, 6) is 0.951. The lowest BCUT2D eigenvalue weighted by Crippen LogP contribution is -2.45. The monoisotopic (exact) mass is 477 g/mol. The van der Waals surface area contributed by atoms with Crippen molar-refractivity contribution in [2.24, 2.45) is 0 Å². The molecule has 0 fully saturated rings. The molecule has 0 amide bonds. The van der Waals surface area contributed by atoms with Crippen LogP contribution < -0.4 is 10.2 Å². The van der Waals surface area contributed by atoms with E-state index in [0.717, 1.165) is 33.8 Å². The number of nitrogens with zero attached hydrogens (tertiary/aromatic N) is 4. The summed E-state index contributed by atoms with van der Waals surface area (Å²) in [5, 5.41) is 25.2. The van der Waals surface area contributed by atoms with E-state index >= 15 is 0 Å². The van der Waals surface area contributed by atoms with Gasteiger partial charge in [0.15, 0.2) is 0 Å². The van der Waals surface area contributed by atoms with Gasteiger partial charge in [-0.25, -0.2) is 0 Å². The number of fused-ring (bicyclic) bond motifs is 4. The van der Waals surface area contributed by atoms with E-state index in [1.807, 2.05) is 30.4 Å². The zero-order valence-electron chi connectivity index (χ0n) is 20.1. The fourth-order valence-corrected chi connectivity index (χ4v) is 5.15. The Morgan fingerprint density at radius 1 is 0.892 bits per heavy atom. The second-order valence-electron chi connectivity index (χ2n) is 9.02. The maximum absolute atomic E-state index is 9.56. The molecule has 2 aliphatic rings. The van der Waals surface area contributed by atoms with Gasteiger partial charge in [0.1, 0.15) is 12.0 Å². The second-order valence-corrected chi connectivity index (χ2v) is 9.02. The molecule has 5 nitrogen and oxygen atoms in total. The molecule has 0 spiro atoms. The van der Waals surface area contributed by atoms with Crippen molar-refractivity contribution in [2.75, 3.05) is 4.90 Å². The Labute approximate surface area is 215 Å². The van der Waals surface area contributed by atoms with Crippen molar-refractivity contribution in [3.8, 4) is 12.1 Å². The number of dihydropyridines is 1. The van der Waals surface area contributed by atoms with Crippen molar-refractivity contribution in [1.29, 1.82) is 10.5 Å². The van der Waals surface area contributed by atoms with Gasteiger partial charge in [-0.15, -0.1) is 0 Å². The number of aromatic nitrogens is 1. The average Bonchev–Trinajstić information content (AvgIpc) is 3.30. The number of anilines is 1. The average molecular weight is 478 g/mol. The second kappa shape index (κ2) is 9.07. The first-order valence-corrected chi connectivity index (χ1v) is 12.1. The highest BCUT2D eigenvalue weighted by Gasteiger charge is 2.25.